The lowest BCUT2D eigenvalue weighted by Gasteiger charge is -1.93. The Morgan fingerprint density at radius 2 is 1.70 bits per heavy atom. The smallest absolute Gasteiger partial charge is 0.316 e. The van der Waals surface area contributed by atoms with Gasteiger partial charge in [0.1, 0.15) is 5.75 Å². The molecule has 1 N–H and O–H groups in total. The van der Waals surface area contributed by atoms with Gasteiger partial charge in [-0.05, 0) is 24.1 Å². The predicted octanol–water partition coefficient (Wildman–Crippen LogP) is 1.04. The van der Waals surface area contributed by atoms with E-state index in [4.69, 9.17) is 5.11 Å². The minimum Gasteiger partial charge on any atom is -0.508 e. The maximum Gasteiger partial charge on any atom is 0.316 e. The summed E-state index contributed by atoms with van der Waals surface area (Å²) in [6.45, 7) is 2.09. The molecule has 0 amide bonds. The van der Waals surface area contributed by atoms with Crippen molar-refractivity contribution in [3.05, 3.63) is 29.8 Å². The van der Waals surface area contributed by atoms with Crippen molar-refractivity contribution >= 4 is 23.1 Å². The van der Waals surface area contributed by atoms with Crippen LogP contribution in [0.1, 0.15) is 12.5 Å². The third-order valence-corrected chi connectivity index (χ3v) is 1.34. The number of phenols is 1. The lowest BCUT2D eigenvalue weighted by atomic mass is 10.2. The SMILES string of the molecule is CCc1ccc(O)cc1.[MgH2]. The molecule has 0 unspecified atom stereocenters. The molecule has 0 saturated carbocycles. The van der Waals surface area contributed by atoms with Crippen molar-refractivity contribution in [2.75, 3.05) is 0 Å². The maximum absolute atomic E-state index is 8.85. The summed E-state index contributed by atoms with van der Waals surface area (Å²) in [5.41, 5.74) is 1.26. The minimum atomic E-state index is 0. The van der Waals surface area contributed by atoms with Crippen molar-refractivity contribution in [1.82, 2.24) is 0 Å². The van der Waals surface area contributed by atoms with Crippen molar-refractivity contribution in [2.45, 2.75) is 13.3 Å². The fourth-order valence-corrected chi connectivity index (χ4v) is 0.732. The molecule has 10 heavy (non-hydrogen) atoms. The molecule has 0 heterocycles. The average Bonchev–Trinajstić information content (AvgIpc) is 1.90. The van der Waals surface area contributed by atoms with Gasteiger partial charge in [-0.1, -0.05) is 19.1 Å². The van der Waals surface area contributed by atoms with Gasteiger partial charge in [0.2, 0.25) is 0 Å². The first-order valence-electron chi connectivity index (χ1n) is 3.11. The Morgan fingerprint density at radius 3 is 2.10 bits per heavy atom. The molecule has 1 aromatic carbocycles. The topological polar surface area (TPSA) is 20.2 Å². The zero-order valence-corrected chi connectivity index (χ0v) is 5.46. The van der Waals surface area contributed by atoms with Gasteiger partial charge in [-0.15, -0.1) is 0 Å². The summed E-state index contributed by atoms with van der Waals surface area (Å²) >= 11 is 0. The van der Waals surface area contributed by atoms with Crippen LogP contribution < -0.4 is 0 Å². The highest BCUT2D eigenvalue weighted by Gasteiger charge is 1.86. The average molecular weight is 148 g/mol. The van der Waals surface area contributed by atoms with Gasteiger partial charge < -0.3 is 5.11 Å². The molecule has 52 valence electrons. The number of aryl methyl sites for hydroxylation is 1. The molecule has 0 bridgehead atoms. The maximum atomic E-state index is 8.85. The Hall–Kier alpha value is -0.214. The second-order valence-electron chi connectivity index (χ2n) is 2.02. The second kappa shape index (κ2) is 4.58. The lowest BCUT2D eigenvalue weighted by Crippen LogP contribution is -1.75. The van der Waals surface area contributed by atoms with E-state index in [2.05, 4.69) is 6.92 Å². The summed E-state index contributed by atoms with van der Waals surface area (Å²) in [6, 6.07) is 7.27. The van der Waals surface area contributed by atoms with Crippen LogP contribution in [0.4, 0.5) is 0 Å². The van der Waals surface area contributed by atoms with Gasteiger partial charge in [0.25, 0.3) is 0 Å². The molecule has 0 fully saturated rings. The molecule has 0 atom stereocenters. The highest BCUT2D eigenvalue weighted by molar-refractivity contribution is 5.75. The van der Waals surface area contributed by atoms with Crippen LogP contribution in [0.3, 0.4) is 0 Å². The standard InChI is InChI=1S/C8H10O.Mg.2H/c1-2-7-3-5-8(9)6-4-7;;;/h3-6,9H,2H2,1H3;;;. The Kier molecular flexibility index (Phi) is 4.48. The number of hydrogen-bond acceptors (Lipinski definition) is 1. The monoisotopic (exact) mass is 148 g/mol. The molecule has 0 aromatic heterocycles. The molecule has 0 aliphatic heterocycles. The summed E-state index contributed by atoms with van der Waals surface area (Å²) < 4.78 is 0. The predicted molar refractivity (Wildman–Crippen MR) is 46.0 cm³/mol. The van der Waals surface area contributed by atoms with E-state index in [9.17, 15) is 0 Å². The van der Waals surface area contributed by atoms with Crippen LogP contribution in [-0.2, 0) is 6.42 Å². The summed E-state index contributed by atoms with van der Waals surface area (Å²) in [7, 11) is 0. The second-order valence-corrected chi connectivity index (χ2v) is 2.02. The van der Waals surface area contributed by atoms with E-state index in [-0.39, 0.29) is 23.1 Å². The van der Waals surface area contributed by atoms with Crippen LogP contribution >= 0.6 is 0 Å². The number of benzene rings is 1. The highest BCUT2D eigenvalue weighted by Crippen LogP contribution is 2.09. The number of rotatable bonds is 1. The van der Waals surface area contributed by atoms with Gasteiger partial charge in [-0.25, -0.2) is 0 Å². The molecule has 2 heteroatoms. The Labute approximate surface area is 77.2 Å². The molecule has 0 saturated heterocycles. The molecule has 1 rings (SSSR count). The minimum absolute atomic E-state index is 0. The zero-order valence-electron chi connectivity index (χ0n) is 5.46. The lowest BCUT2D eigenvalue weighted by molar-refractivity contribution is 0.475. The first-order chi connectivity index (χ1) is 4.33. The first kappa shape index (κ1) is 9.79. The van der Waals surface area contributed by atoms with Crippen molar-refractivity contribution in [2.24, 2.45) is 0 Å². The quantitative estimate of drug-likeness (QED) is 0.590. The normalized spacial score (nSPS) is 8.50. The largest absolute Gasteiger partial charge is 0.508 e. The van der Waals surface area contributed by atoms with Crippen molar-refractivity contribution in [3.8, 4) is 5.75 Å². The van der Waals surface area contributed by atoms with Gasteiger partial charge in [0, 0.05) is 0 Å². The summed E-state index contributed by atoms with van der Waals surface area (Å²) in [5.74, 6) is 0.340. The summed E-state index contributed by atoms with van der Waals surface area (Å²) in [4.78, 5) is 0. The number of hydrogen-bond donors (Lipinski definition) is 1. The molecule has 0 radical (unpaired) electrons. The third-order valence-electron chi connectivity index (χ3n) is 1.34. The van der Waals surface area contributed by atoms with Crippen LogP contribution in [0.5, 0.6) is 5.75 Å². The van der Waals surface area contributed by atoms with E-state index >= 15 is 0 Å². The molecule has 0 spiro atoms. The molecule has 0 aliphatic carbocycles. The Balaban J connectivity index is 0.000000810. The first-order valence-corrected chi connectivity index (χ1v) is 3.11. The van der Waals surface area contributed by atoms with Crippen LogP contribution in [-0.4, -0.2) is 28.2 Å². The third kappa shape index (κ3) is 2.58. The fourth-order valence-electron chi connectivity index (χ4n) is 0.732. The van der Waals surface area contributed by atoms with E-state index in [1.807, 2.05) is 12.1 Å². The number of aromatic hydroxyl groups is 1. The van der Waals surface area contributed by atoms with E-state index in [0.29, 0.717) is 5.75 Å². The zero-order chi connectivity index (χ0) is 6.69. The molecule has 0 aliphatic rings. The van der Waals surface area contributed by atoms with Crippen LogP contribution in [0.15, 0.2) is 24.3 Å². The molecular formula is C8H12MgO. The summed E-state index contributed by atoms with van der Waals surface area (Å²) in [6.07, 6.45) is 1.03. The number of phenolic OH excluding ortho intramolecular Hbond substituents is 1. The van der Waals surface area contributed by atoms with Gasteiger partial charge >= 0.3 is 23.1 Å². The molecule has 1 aromatic rings. The Morgan fingerprint density at radius 1 is 1.20 bits per heavy atom. The van der Waals surface area contributed by atoms with Gasteiger partial charge in [0.05, 0.1) is 0 Å². The van der Waals surface area contributed by atoms with Gasteiger partial charge in [-0.2, -0.15) is 0 Å². The fraction of sp³-hybridized carbons (Fsp3) is 0.250. The van der Waals surface area contributed by atoms with E-state index in [1.165, 1.54) is 5.56 Å². The van der Waals surface area contributed by atoms with Gasteiger partial charge in [0.15, 0.2) is 0 Å². The van der Waals surface area contributed by atoms with Crippen LogP contribution in [0.2, 0.25) is 0 Å². The molecular weight excluding hydrogens is 136 g/mol. The Bertz CT molecular complexity index is 181. The van der Waals surface area contributed by atoms with Crippen LogP contribution in [0, 0.1) is 0 Å². The van der Waals surface area contributed by atoms with E-state index < -0.39 is 0 Å². The molecule has 1 nitrogen and oxygen atoms in total. The summed E-state index contributed by atoms with van der Waals surface area (Å²) in [5, 5.41) is 8.85. The van der Waals surface area contributed by atoms with Crippen LogP contribution in [0.25, 0.3) is 0 Å². The van der Waals surface area contributed by atoms with Crippen molar-refractivity contribution in [3.63, 3.8) is 0 Å². The highest BCUT2D eigenvalue weighted by atomic mass is 24.3. The van der Waals surface area contributed by atoms with Gasteiger partial charge in [-0.3, -0.25) is 0 Å². The van der Waals surface area contributed by atoms with E-state index in [1.54, 1.807) is 12.1 Å². The van der Waals surface area contributed by atoms with Crippen molar-refractivity contribution in [1.29, 1.82) is 0 Å². The van der Waals surface area contributed by atoms with Crippen molar-refractivity contribution < 1.29 is 5.11 Å². The van der Waals surface area contributed by atoms with E-state index in [0.717, 1.165) is 6.42 Å².